The molecule has 0 saturated heterocycles. The van der Waals surface area contributed by atoms with Crippen molar-refractivity contribution in [1.29, 1.82) is 0 Å². The molecule has 2 aromatic carbocycles. The molecule has 2 rings (SSSR count). The number of carbonyl (C=O) groups excluding carboxylic acids is 2. The molecule has 0 aliphatic carbocycles. The summed E-state index contributed by atoms with van der Waals surface area (Å²) in [4.78, 5) is 23.3. The molecule has 0 aliphatic heterocycles. The molecule has 0 saturated carbocycles. The number of nitrogen functional groups attached to an aromatic ring is 1. The van der Waals surface area contributed by atoms with Gasteiger partial charge in [-0.2, -0.15) is 0 Å². The number of ether oxygens (including phenoxy) is 1. The molecule has 120 valence electrons. The number of hydrogen-bond acceptors (Lipinski definition) is 4. The number of carbonyl (C=O) groups is 2. The number of anilines is 2. The van der Waals surface area contributed by atoms with Gasteiger partial charge in [-0.15, -0.1) is 0 Å². The molecule has 5 nitrogen and oxygen atoms in total. The van der Waals surface area contributed by atoms with Gasteiger partial charge in [0.25, 0.3) is 5.91 Å². The largest absolute Gasteiger partial charge is 0.482 e. The van der Waals surface area contributed by atoms with Crippen molar-refractivity contribution in [2.24, 2.45) is 0 Å². The zero-order valence-electron chi connectivity index (χ0n) is 13.5. The van der Waals surface area contributed by atoms with E-state index >= 15 is 0 Å². The lowest BCUT2D eigenvalue weighted by atomic mass is 10.1. The molecule has 0 unspecified atom stereocenters. The zero-order chi connectivity index (χ0) is 17.0. The van der Waals surface area contributed by atoms with E-state index in [1.165, 1.54) is 6.92 Å². The molecule has 0 spiro atoms. The summed E-state index contributed by atoms with van der Waals surface area (Å²) >= 11 is 0. The van der Waals surface area contributed by atoms with Crippen LogP contribution in [0.3, 0.4) is 0 Å². The molecular weight excluding hydrogens is 292 g/mol. The Morgan fingerprint density at radius 1 is 1.13 bits per heavy atom. The minimum atomic E-state index is -0.266. The fraction of sp³-hybridized carbons (Fsp3) is 0.222. The maximum absolute atomic E-state index is 12.0. The van der Waals surface area contributed by atoms with Crippen LogP contribution in [-0.4, -0.2) is 18.3 Å². The van der Waals surface area contributed by atoms with Crippen molar-refractivity contribution in [1.82, 2.24) is 0 Å². The number of nitrogens with one attached hydrogen (secondary N) is 1. The Bertz CT molecular complexity index is 734. The molecule has 0 aromatic heterocycles. The highest BCUT2D eigenvalue weighted by Gasteiger charge is 2.10. The number of aryl methyl sites for hydroxylation is 2. The first-order valence-electron chi connectivity index (χ1n) is 7.28. The molecular formula is C18H20N2O3. The van der Waals surface area contributed by atoms with Crippen LogP contribution in [0, 0.1) is 13.8 Å². The minimum Gasteiger partial charge on any atom is -0.482 e. The first-order valence-corrected chi connectivity index (χ1v) is 7.28. The lowest BCUT2D eigenvalue weighted by molar-refractivity contribution is -0.118. The summed E-state index contributed by atoms with van der Waals surface area (Å²) in [7, 11) is 0. The van der Waals surface area contributed by atoms with Gasteiger partial charge in [-0.05, 0) is 50.1 Å². The summed E-state index contributed by atoms with van der Waals surface area (Å²) in [5, 5.41) is 2.84. The highest BCUT2D eigenvalue weighted by atomic mass is 16.5. The second kappa shape index (κ2) is 6.96. The zero-order valence-corrected chi connectivity index (χ0v) is 13.5. The molecule has 3 N–H and O–H groups in total. The molecule has 0 radical (unpaired) electrons. The van der Waals surface area contributed by atoms with Crippen LogP contribution in [-0.2, 0) is 4.79 Å². The Morgan fingerprint density at radius 3 is 2.35 bits per heavy atom. The van der Waals surface area contributed by atoms with Gasteiger partial charge < -0.3 is 15.8 Å². The van der Waals surface area contributed by atoms with Gasteiger partial charge in [-0.25, -0.2) is 0 Å². The Hall–Kier alpha value is -2.82. The predicted octanol–water partition coefficient (Wildman–Crippen LogP) is 3.11. The number of rotatable bonds is 5. The Labute approximate surface area is 135 Å². The van der Waals surface area contributed by atoms with Crippen molar-refractivity contribution in [3.8, 4) is 5.75 Å². The second-order valence-corrected chi connectivity index (χ2v) is 5.41. The topological polar surface area (TPSA) is 81.4 Å². The first kappa shape index (κ1) is 16.5. The summed E-state index contributed by atoms with van der Waals surface area (Å²) < 4.78 is 5.44. The van der Waals surface area contributed by atoms with Crippen LogP contribution in [0.15, 0.2) is 36.4 Å². The van der Waals surface area contributed by atoms with Crippen LogP contribution in [0.25, 0.3) is 0 Å². The molecule has 5 heteroatoms. The van der Waals surface area contributed by atoms with E-state index in [0.29, 0.717) is 17.0 Å². The van der Waals surface area contributed by atoms with Crippen LogP contribution in [0.2, 0.25) is 0 Å². The minimum absolute atomic E-state index is 0.0731. The Balaban J connectivity index is 2.01. The highest BCUT2D eigenvalue weighted by Crippen LogP contribution is 2.23. The third-order valence-electron chi connectivity index (χ3n) is 3.52. The van der Waals surface area contributed by atoms with Crippen molar-refractivity contribution in [3.05, 3.63) is 53.1 Å². The molecule has 0 bridgehead atoms. The average molecular weight is 312 g/mol. The van der Waals surface area contributed by atoms with Crippen molar-refractivity contribution in [3.63, 3.8) is 0 Å². The van der Waals surface area contributed by atoms with Crippen molar-refractivity contribution in [2.75, 3.05) is 17.7 Å². The standard InChI is InChI=1S/C18H20N2O3/c1-11-5-4-6-12(2)18(11)20-17(22)10-23-16-8-7-14(13(3)21)9-15(16)19/h4-9H,10,19H2,1-3H3,(H,20,22). The molecule has 0 heterocycles. The maximum atomic E-state index is 12.0. The quantitative estimate of drug-likeness (QED) is 0.656. The predicted molar refractivity (Wildman–Crippen MR) is 90.9 cm³/mol. The number of nitrogens with two attached hydrogens (primary N) is 1. The van der Waals surface area contributed by atoms with Gasteiger partial charge in [0, 0.05) is 11.3 Å². The number of para-hydroxylation sites is 1. The number of Topliss-reactive ketones (excluding diaryl/α,β-unsaturated/α-hetero) is 1. The summed E-state index contributed by atoms with van der Waals surface area (Å²) in [6.07, 6.45) is 0. The molecule has 1 amide bonds. The summed E-state index contributed by atoms with van der Waals surface area (Å²) in [5.41, 5.74) is 9.45. The number of benzene rings is 2. The van der Waals surface area contributed by atoms with Gasteiger partial charge in [0.15, 0.2) is 12.4 Å². The van der Waals surface area contributed by atoms with E-state index in [0.717, 1.165) is 16.8 Å². The van der Waals surface area contributed by atoms with Crippen LogP contribution in [0.1, 0.15) is 28.4 Å². The van der Waals surface area contributed by atoms with Crippen molar-refractivity contribution in [2.45, 2.75) is 20.8 Å². The number of hydrogen-bond donors (Lipinski definition) is 2. The molecule has 0 fully saturated rings. The third kappa shape index (κ3) is 4.10. The van der Waals surface area contributed by atoms with Crippen molar-refractivity contribution < 1.29 is 14.3 Å². The van der Waals surface area contributed by atoms with E-state index < -0.39 is 0 Å². The first-order chi connectivity index (χ1) is 10.9. The van der Waals surface area contributed by atoms with E-state index in [1.807, 2.05) is 32.0 Å². The van der Waals surface area contributed by atoms with Crippen molar-refractivity contribution >= 4 is 23.1 Å². The lowest BCUT2D eigenvalue weighted by Crippen LogP contribution is -2.21. The lowest BCUT2D eigenvalue weighted by Gasteiger charge is -2.13. The van der Waals surface area contributed by atoms with Crippen LogP contribution >= 0.6 is 0 Å². The molecule has 2 aromatic rings. The summed E-state index contributed by atoms with van der Waals surface area (Å²) in [5.74, 6) is 0.0418. The monoisotopic (exact) mass is 312 g/mol. The SMILES string of the molecule is CC(=O)c1ccc(OCC(=O)Nc2c(C)cccc2C)c(N)c1. The van der Waals surface area contributed by atoms with Crippen LogP contribution in [0.4, 0.5) is 11.4 Å². The smallest absolute Gasteiger partial charge is 0.262 e. The van der Waals surface area contributed by atoms with Gasteiger partial charge in [-0.3, -0.25) is 9.59 Å². The van der Waals surface area contributed by atoms with Gasteiger partial charge in [0.2, 0.25) is 0 Å². The molecule has 0 atom stereocenters. The Kier molecular flexibility index (Phi) is 5.01. The van der Waals surface area contributed by atoms with E-state index in [1.54, 1.807) is 18.2 Å². The number of ketones is 1. The van der Waals surface area contributed by atoms with Crippen LogP contribution in [0.5, 0.6) is 5.75 Å². The average Bonchev–Trinajstić information content (AvgIpc) is 2.49. The normalized spacial score (nSPS) is 10.2. The van der Waals surface area contributed by atoms with Crippen LogP contribution < -0.4 is 15.8 Å². The maximum Gasteiger partial charge on any atom is 0.262 e. The fourth-order valence-corrected chi connectivity index (χ4v) is 2.23. The second-order valence-electron chi connectivity index (χ2n) is 5.41. The highest BCUT2D eigenvalue weighted by molar-refractivity contribution is 5.95. The summed E-state index contributed by atoms with van der Waals surface area (Å²) in [6.45, 7) is 5.18. The van der Waals surface area contributed by atoms with E-state index in [-0.39, 0.29) is 18.3 Å². The van der Waals surface area contributed by atoms with E-state index in [9.17, 15) is 9.59 Å². The third-order valence-corrected chi connectivity index (χ3v) is 3.52. The fourth-order valence-electron chi connectivity index (χ4n) is 2.23. The van der Waals surface area contributed by atoms with Gasteiger partial charge >= 0.3 is 0 Å². The van der Waals surface area contributed by atoms with Gasteiger partial charge in [0.1, 0.15) is 5.75 Å². The van der Waals surface area contributed by atoms with E-state index in [4.69, 9.17) is 10.5 Å². The Morgan fingerprint density at radius 2 is 1.78 bits per heavy atom. The van der Waals surface area contributed by atoms with E-state index in [2.05, 4.69) is 5.32 Å². The summed E-state index contributed by atoms with van der Waals surface area (Å²) in [6, 6.07) is 10.6. The molecule has 0 aliphatic rings. The molecule has 23 heavy (non-hydrogen) atoms. The van der Waals surface area contributed by atoms with Gasteiger partial charge in [0.05, 0.1) is 5.69 Å². The van der Waals surface area contributed by atoms with Gasteiger partial charge in [-0.1, -0.05) is 18.2 Å². The number of amides is 1.